The summed E-state index contributed by atoms with van der Waals surface area (Å²) in [7, 11) is 0. The molecule has 234 valence electrons. The monoisotopic (exact) mass is 586 g/mol. The molecule has 0 heterocycles. The van der Waals surface area contributed by atoms with Crippen LogP contribution in [0, 0.1) is 57.2 Å². The molecule has 0 aromatic carbocycles. The number of hydrogen-bond donors (Lipinski definition) is 5. The number of nitrogens with two attached hydrogens (primary N) is 2. The summed E-state index contributed by atoms with van der Waals surface area (Å²) in [6.45, 7) is 9.19. The van der Waals surface area contributed by atoms with Crippen LogP contribution < -0.4 is 11.5 Å². The highest BCUT2D eigenvalue weighted by molar-refractivity contribution is 5.37. The van der Waals surface area contributed by atoms with Crippen molar-refractivity contribution in [2.24, 2.45) is 68.6 Å². The number of allylic oxidation sites excluding steroid dienone is 7. The summed E-state index contributed by atoms with van der Waals surface area (Å²) >= 11 is 0. The van der Waals surface area contributed by atoms with E-state index in [-0.39, 0.29) is 39.7 Å². The van der Waals surface area contributed by atoms with Gasteiger partial charge in [0.1, 0.15) is 0 Å². The minimum Gasteiger partial charge on any atom is -0.512 e. The van der Waals surface area contributed by atoms with Gasteiger partial charge in [0, 0.05) is 33.7 Å². The summed E-state index contributed by atoms with van der Waals surface area (Å²) in [5.41, 5.74) is 15.2. The van der Waals surface area contributed by atoms with Gasteiger partial charge in [0.15, 0.2) is 0 Å². The van der Waals surface area contributed by atoms with Gasteiger partial charge in [-0.05, 0) is 105 Å². The quantitative estimate of drug-likeness (QED) is 0.193. The number of aliphatic hydroxyl groups is 3. The van der Waals surface area contributed by atoms with Gasteiger partial charge >= 0.3 is 0 Å². The van der Waals surface area contributed by atoms with Crippen LogP contribution in [0.2, 0.25) is 0 Å². The van der Waals surface area contributed by atoms with Crippen LogP contribution in [0.1, 0.15) is 85.5 Å². The van der Waals surface area contributed by atoms with Crippen molar-refractivity contribution in [2.75, 3.05) is 0 Å². The topological polar surface area (TPSA) is 113 Å². The summed E-state index contributed by atoms with van der Waals surface area (Å²) in [6, 6.07) is 0.279. The fraction of sp³-hybridized carbons (Fsp3) is 0.684. The second-order valence-corrected chi connectivity index (χ2v) is 16.4. The lowest BCUT2D eigenvalue weighted by atomic mass is 9.48. The van der Waals surface area contributed by atoms with Crippen LogP contribution in [-0.2, 0) is 0 Å². The average Bonchev–Trinajstić information content (AvgIpc) is 3.45. The SMILES string of the molecule is C[C@]12C=C[C@H](N)CC1=CC[C@@H]1[C@@H]2CC[C@]2(C)C(O)=CC[C@@H]12.C[C@]12C=C[C@H](N)CC1=C[C@H](O)[C@@H]1[C@@H]2CC[C@]2(C)C(O)=CC[C@@H]12. The fourth-order valence-electron chi connectivity index (χ4n) is 11.6. The van der Waals surface area contributed by atoms with Gasteiger partial charge in [-0.3, -0.25) is 0 Å². The van der Waals surface area contributed by atoms with E-state index in [1.54, 1.807) is 5.57 Å². The first-order chi connectivity index (χ1) is 20.3. The normalized spacial score (nSPS) is 52.4. The van der Waals surface area contributed by atoms with Crippen LogP contribution in [0.4, 0.5) is 0 Å². The molecule has 0 spiro atoms. The highest BCUT2D eigenvalue weighted by Crippen LogP contribution is 2.65. The van der Waals surface area contributed by atoms with Crippen molar-refractivity contribution < 1.29 is 15.3 Å². The standard InChI is InChI=1S/C19H27NO2.C19H27NO/c1-18-7-5-12(20)9-11(18)10-15(21)17-13-3-4-16(22)19(13,2)8-6-14(17)18;1-18-9-7-13(20)11-12(18)3-4-14-15-5-6-17(21)19(15,2)10-8-16(14)18/h4-5,7,10,12-15,17,21-22H,3,6,8-9,20H2,1-2H3;3,6-7,9,13-16,21H,4-5,8,10-11,20H2,1-2H3/t12-,13-,14-,15-,17-,18-,19-;13-,14-,15-,16-,18-,19-/m00/s1. The number of hydrogen-bond acceptors (Lipinski definition) is 5. The predicted octanol–water partition coefficient (Wildman–Crippen LogP) is 7.18. The van der Waals surface area contributed by atoms with Crippen LogP contribution >= 0.6 is 0 Å². The van der Waals surface area contributed by atoms with Gasteiger partial charge in [0.25, 0.3) is 0 Å². The molecule has 13 atom stereocenters. The molecule has 2 fully saturated rings. The van der Waals surface area contributed by atoms with Gasteiger partial charge in [-0.2, -0.15) is 0 Å². The van der Waals surface area contributed by atoms with E-state index in [1.807, 2.05) is 6.08 Å². The molecule has 0 unspecified atom stereocenters. The van der Waals surface area contributed by atoms with Gasteiger partial charge in [-0.15, -0.1) is 0 Å². The Morgan fingerprint density at radius 2 is 1.21 bits per heavy atom. The first kappa shape index (κ1) is 29.6. The third-order valence-corrected chi connectivity index (χ3v) is 14.5. The molecule has 8 aliphatic rings. The highest BCUT2D eigenvalue weighted by Gasteiger charge is 2.59. The minimum absolute atomic E-state index is 0.0271. The molecular weight excluding hydrogens is 532 g/mol. The maximum Gasteiger partial charge on any atom is 0.0944 e. The summed E-state index contributed by atoms with van der Waals surface area (Å²) in [6.07, 6.45) is 26.7. The first-order valence-corrected chi connectivity index (χ1v) is 17.1. The van der Waals surface area contributed by atoms with E-state index in [4.69, 9.17) is 11.5 Å². The van der Waals surface area contributed by atoms with E-state index in [9.17, 15) is 15.3 Å². The van der Waals surface area contributed by atoms with Crippen LogP contribution in [0.25, 0.3) is 0 Å². The third-order valence-electron chi connectivity index (χ3n) is 14.5. The van der Waals surface area contributed by atoms with E-state index in [0.29, 0.717) is 35.2 Å². The molecule has 0 aliphatic heterocycles. The molecule has 8 rings (SSSR count). The third kappa shape index (κ3) is 4.20. The maximum atomic E-state index is 10.8. The molecule has 5 nitrogen and oxygen atoms in total. The highest BCUT2D eigenvalue weighted by atomic mass is 16.3. The lowest BCUT2D eigenvalue weighted by Gasteiger charge is -2.57. The molecule has 0 aromatic rings. The van der Waals surface area contributed by atoms with Crippen molar-refractivity contribution >= 4 is 0 Å². The average molecular weight is 587 g/mol. The maximum absolute atomic E-state index is 10.8. The van der Waals surface area contributed by atoms with Crippen molar-refractivity contribution in [3.05, 3.63) is 71.3 Å². The van der Waals surface area contributed by atoms with E-state index in [0.717, 1.165) is 50.9 Å². The zero-order valence-corrected chi connectivity index (χ0v) is 26.7. The molecule has 0 saturated heterocycles. The zero-order chi connectivity index (χ0) is 30.5. The number of fused-ring (bicyclic) bond motifs is 10. The Morgan fingerprint density at radius 3 is 1.86 bits per heavy atom. The molecule has 7 N–H and O–H groups in total. The Hall–Kier alpha value is -2.08. The van der Waals surface area contributed by atoms with Crippen molar-refractivity contribution in [3.8, 4) is 0 Å². The fourth-order valence-corrected chi connectivity index (χ4v) is 11.6. The second kappa shape index (κ2) is 9.96. The molecule has 8 aliphatic carbocycles. The molecule has 43 heavy (non-hydrogen) atoms. The summed E-state index contributed by atoms with van der Waals surface area (Å²) in [5, 5.41) is 31.5. The molecule has 5 heteroatoms. The largest absolute Gasteiger partial charge is 0.512 e. The smallest absolute Gasteiger partial charge is 0.0944 e. The van der Waals surface area contributed by atoms with Gasteiger partial charge in [0.2, 0.25) is 0 Å². The molecule has 0 aromatic heterocycles. The molecule has 0 radical (unpaired) electrons. The number of aliphatic hydroxyl groups excluding tert-OH is 3. The van der Waals surface area contributed by atoms with Gasteiger partial charge in [-0.25, -0.2) is 0 Å². The molecular formula is C38H54N2O3. The van der Waals surface area contributed by atoms with E-state index < -0.39 is 6.10 Å². The summed E-state index contributed by atoms with van der Waals surface area (Å²) in [5.74, 6) is 4.28. The Labute approximate surface area is 258 Å². The Bertz CT molecular complexity index is 1360. The lowest BCUT2D eigenvalue weighted by molar-refractivity contribution is -0.0628. The molecule has 0 bridgehead atoms. The van der Waals surface area contributed by atoms with Crippen molar-refractivity contribution in [3.63, 3.8) is 0 Å². The van der Waals surface area contributed by atoms with Crippen LogP contribution in [0.15, 0.2) is 71.3 Å². The Morgan fingerprint density at radius 1 is 0.674 bits per heavy atom. The van der Waals surface area contributed by atoms with Crippen LogP contribution in [-0.4, -0.2) is 33.5 Å². The lowest BCUT2D eigenvalue weighted by Crippen LogP contribution is -2.53. The predicted molar refractivity (Wildman–Crippen MR) is 173 cm³/mol. The van der Waals surface area contributed by atoms with E-state index in [2.05, 4.69) is 70.2 Å². The summed E-state index contributed by atoms with van der Waals surface area (Å²) in [4.78, 5) is 0. The van der Waals surface area contributed by atoms with Crippen molar-refractivity contribution in [1.82, 2.24) is 0 Å². The summed E-state index contributed by atoms with van der Waals surface area (Å²) < 4.78 is 0. The van der Waals surface area contributed by atoms with Crippen molar-refractivity contribution in [1.29, 1.82) is 0 Å². The van der Waals surface area contributed by atoms with E-state index >= 15 is 0 Å². The van der Waals surface area contributed by atoms with Gasteiger partial charge < -0.3 is 26.8 Å². The van der Waals surface area contributed by atoms with Crippen LogP contribution in [0.5, 0.6) is 0 Å². The van der Waals surface area contributed by atoms with Gasteiger partial charge in [0.05, 0.1) is 17.6 Å². The van der Waals surface area contributed by atoms with E-state index in [1.165, 1.54) is 18.4 Å². The second-order valence-electron chi connectivity index (χ2n) is 16.4. The van der Waals surface area contributed by atoms with Gasteiger partial charge in [-0.1, -0.05) is 75.3 Å². The zero-order valence-electron chi connectivity index (χ0n) is 26.7. The minimum atomic E-state index is -0.407. The first-order valence-electron chi connectivity index (χ1n) is 17.1. The number of rotatable bonds is 0. The van der Waals surface area contributed by atoms with Crippen LogP contribution in [0.3, 0.4) is 0 Å². The molecule has 0 amide bonds. The Kier molecular flexibility index (Phi) is 6.86. The van der Waals surface area contributed by atoms with Crippen molar-refractivity contribution in [2.45, 2.75) is 104 Å². The Balaban J connectivity index is 0.000000140. The molecule has 2 saturated carbocycles.